The number of ether oxygens (including phenoxy) is 1. The summed E-state index contributed by atoms with van der Waals surface area (Å²) in [6, 6.07) is 75.2. The highest BCUT2D eigenvalue weighted by Crippen LogP contribution is 2.61. The third kappa shape index (κ3) is 4.07. The second kappa shape index (κ2) is 11.7. The van der Waals surface area contributed by atoms with Gasteiger partial charge in [0.25, 0.3) is 0 Å². The summed E-state index contributed by atoms with van der Waals surface area (Å²) in [5, 5.41) is 5.07. The summed E-state index contributed by atoms with van der Waals surface area (Å²) in [6.45, 7) is 0. The van der Waals surface area contributed by atoms with Gasteiger partial charge in [0.05, 0.1) is 33.2 Å². The molecular formula is C55H34N2O. The largest absolute Gasteiger partial charge is 0.456 e. The molecule has 2 aliphatic rings. The van der Waals surface area contributed by atoms with Crippen molar-refractivity contribution in [3.63, 3.8) is 0 Å². The fourth-order valence-corrected chi connectivity index (χ4v) is 10.4. The van der Waals surface area contributed by atoms with Gasteiger partial charge in [0.15, 0.2) is 0 Å². The molecule has 0 saturated heterocycles. The predicted octanol–water partition coefficient (Wildman–Crippen LogP) is 14.0. The monoisotopic (exact) mass is 738 g/mol. The molecule has 3 heteroatoms. The Morgan fingerprint density at radius 2 is 0.845 bits per heavy atom. The van der Waals surface area contributed by atoms with Gasteiger partial charge >= 0.3 is 0 Å². The number of benzene rings is 9. The van der Waals surface area contributed by atoms with Crippen molar-refractivity contribution in [2.24, 2.45) is 0 Å². The molecule has 0 N–H and O–H groups in total. The van der Waals surface area contributed by atoms with E-state index in [0.29, 0.717) is 0 Å². The van der Waals surface area contributed by atoms with Crippen LogP contribution >= 0.6 is 0 Å². The molecule has 0 saturated carbocycles. The van der Waals surface area contributed by atoms with Crippen LogP contribution in [0.2, 0.25) is 0 Å². The summed E-state index contributed by atoms with van der Waals surface area (Å²) in [5.41, 5.74) is 16.1. The number of para-hydroxylation sites is 7. The average Bonchev–Trinajstić information content (AvgIpc) is 3.82. The summed E-state index contributed by atoms with van der Waals surface area (Å²) in [7, 11) is 0. The highest BCUT2D eigenvalue weighted by atomic mass is 16.5. The van der Waals surface area contributed by atoms with Gasteiger partial charge in [-0.05, 0) is 70.3 Å². The topological polar surface area (TPSA) is 19.1 Å². The molecule has 0 fully saturated rings. The van der Waals surface area contributed by atoms with E-state index in [1.165, 1.54) is 71.6 Å². The first-order chi connectivity index (χ1) is 28.8. The van der Waals surface area contributed by atoms with Gasteiger partial charge in [0, 0.05) is 43.9 Å². The second-order valence-electron chi connectivity index (χ2n) is 15.6. The molecule has 2 aromatic heterocycles. The zero-order valence-electron chi connectivity index (χ0n) is 31.4. The van der Waals surface area contributed by atoms with Crippen molar-refractivity contribution in [2.45, 2.75) is 5.41 Å². The molecule has 2 aliphatic heterocycles. The van der Waals surface area contributed by atoms with Gasteiger partial charge in [-0.15, -0.1) is 0 Å². The molecule has 1 unspecified atom stereocenters. The van der Waals surface area contributed by atoms with Crippen LogP contribution in [0.5, 0.6) is 11.5 Å². The van der Waals surface area contributed by atoms with Gasteiger partial charge < -0.3 is 13.9 Å². The number of nitrogens with zero attached hydrogens (tertiary/aromatic N) is 2. The first-order valence-electron chi connectivity index (χ1n) is 20.0. The van der Waals surface area contributed by atoms with Crippen molar-refractivity contribution in [3.8, 4) is 45.1 Å². The Balaban J connectivity index is 0.961. The van der Waals surface area contributed by atoms with E-state index in [1.807, 2.05) is 0 Å². The minimum atomic E-state index is -0.598. The number of hydrogen-bond donors (Lipinski definition) is 0. The fourth-order valence-electron chi connectivity index (χ4n) is 10.4. The smallest absolute Gasteiger partial charge is 0.140 e. The minimum Gasteiger partial charge on any atom is -0.456 e. The van der Waals surface area contributed by atoms with Crippen LogP contribution in [0.3, 0.4) is 0 Å². The Bertz CT molecular complexity index is 3420. The predicted molar refractivity (Wildman–Crippen MR) is 238 cm³/mol. The van der Waals surface area contributed by atoms with Crippen LogP contribution in [-0.4, -0.2) is 9.13 Å². The molecule has 3 nitrogen and oxygen atoms in total. The zero-order valence-corrected chi connectivity index (χ0v) is 31.4. The Labute approximate surface area is 335 Å². The molecule has 13 rings (SSSR count). The van der Waals surface area contributed by atoms with Crippen molar-refractivity contribution in [1.29, 1.82) is 0 Å². The van der Waals surface area contributed by atoms with Gasteiger partial charge in [0.2, 0.25) is 0 Å². The first-order valence-corrected chi connectivity index (χ1v) is 20.0. The SMILES string of the molecule is c1ccc2c(c1)Oc1c(-c3ccc(-c4ccc(-n5c6ccccc6c6ccccc65)cc4)cc3)cccc1C21c2ccccc2-n2c3ccccc3c3cccc1c32. The van der Waals surface area contributed by atoms with Crippen LogP contribution in [0, 0.1) is 0 Å². The summed E-state index contributed by atoms with van der Waals surface area (Å²) in [5.74, 6) is 1.79. The van der Waals surface area contributed by atoms with E-state index in [1.54, 1.807) is 0 Å². The molecule has 9 aromatic carbocycles. The van der Waals surface area contributed by atoms with Gasteiger partial charge in [0.1, 0.15) is 11.5 Å². The van der Waals surface area contributed by atoms with Gasteiger partial charge in [-0.1, -0.05) is 164 Å². The lowest BCUT2D eigenvalue weighted by molar-refractivity contribution is 0.435. The number of aromatic nitrogens is 2. The molecule has 1 atom stereocenters. The molecule has 58 heavy (non-hydrogen) atoms. The second-order valence-corrected chi connectivity index (χ2v) is 15.6. The number of rotatable bonds is 3. The van der Waals surface area contributed by atoms with Crippen molar-refractivity contribution in [1.82, 2.24) is 9.13 Å². The Hall–Kier alpha value is -7.62. The standard InChI is InChI=1S/C55H34N2O/c1-6-22-48-40(13-1)41-14-2-7-23-49(41)56(48)38-33-31-36(32-34-38)35-27-29-37(30-28-35)39-16-11-21-47-54(39)58-52-26-10-5-19-45(52)55(47)44-18-4-9-25-51(44)57-50-24-8-3-15-42(50)43-17-12-20-46(55)53(43)57/h1-34H. The lowest BCUT2D eigenvalue weighted by Gasteiger charge is -2.45. The lowest BCUT2D eigenvalue weighted by Crippen LogP contribution is -2.37. The van der Waals surface area contributed by atoms with Crippen LogP contribution in [-0.2, 0) is 5.41 Å². The molecule has 0 amide bonds. The minimum absolute atomic E-state index is 0.598. The summed E-state index contributed by atoms with van der Waals surface area (Å²) in [4.78, 5) is 0. The molecular weight excluding hydrogens is 705 g/mol. The maximum atomic E-state index is 7.06. The van der Waals surface area contributed by atoms with E-state index < -0.39 is 5.41 Å². The van der Waals surface area contributed by atoms with Crippen LogP contribution in [0.1, 0.15) is 22.3 Å². The summed E-state index contributed by atoms with van der Waals surface area (Å²) >= 11 is 0. The number of hydrogen-bond acceptors (Lipinski definition) is 1. The molecule has 0 bridgehead atoms. The molecule has 4 heterocycles. The van der Waals surface area contributed by atoms with Crippen molar-refractivity contribution >= 4 is 43.6 Å². The maximum Gasteiger partial charge on any atom is 0.140 e. The van der Waals surface area contributed by atoms with E-state index in [4.69, 9.17) is 4.74 Å². The molecule has 0 radical (unpaired) electrons. The lowest BCUT2D eigenvalue weighted by atomic mass is 9.61. The number of fused-ring (bicyclic) bond motifs is 14. The average molecular weight is 739 g/mol. The summed E-state index contributed by atoms with van der Waals surface area (Å²) < 4.78 is 11.9. The van der Waals surface area contributed by atoms with Gasteiger partial charge in [-0.25, -0.2) is 0 Å². The molecule has 0 aliphatic carbocycles. The van der Waals surface area contributed by atoms with E-state index in [-0.39, 0.29) is 0 Å². The van der Waals surface area contributed by atoms with E-state index in [0.717, 1.165) is 39.4 Å². The molecule has 11 aromatic rings. The first kappa shape index (κ1) is 31.6. The van der Waals surface area contributed by atoms with E-state index in [2.05, 4.69) is 215 Å². The van der Waals surface area contributed by atoms with Crippen molar-refractivity contribution in [3.05, 3.63) is 229 Å². The zero-order chi connectivity index (χ0) is 38.0. The molecule has 1 spiro atoms. The maximum absolute atomic E-state index is 7.06. The van der Waals surface area contributed by atoms with Crippen LogP contribution in [0.25, 0.3) is 77.2 Å². The van der Waals surface area contributed by atoms with Crippen LogP contribution in [0.15, 0.2) is 206 Å². The summed E-state index contributed by atoms with van der Waals surface area (Å²) in [6.07, 6.45) is 0. The molecule has 270 valence electrons. The quantitative estimate of drug-likeness (QED) is 0.177. The van der Waals surface area contributed by atoms with Gasteiger partial charge in [-0.3, -0.25) is 0 Å². The van der Waals surface area contributed by atoms with Crippen LogP contribution < -0.4 is 4.74 Å². The fraction of sp³-hybridized carbons (Fsp3) is 0.0182. The Morgan fingerprint density at radius 3 is 1.57 bits per heavy atom. The van der Waals surface area contributed by atoms with E-state index in [9.17, 15) is 0 Å². The van der Waals surface area contributed by atoms with Crippen LogP contribution in [0.4, 0.5) is 0 Å². The third-order valence-electron chi connectivity index (χ3n) is 12.8. The van der Waals surface area contributed by atoms with Gasteiger partial charge in [-0.2, -0.15) is 0 Å². The Kier molecular flexibility index (Phi) is 6.37. The Morgan fingerprint density at radius 1 is 0.345 bits per heavy atom. The highest BCUT2D eigenvalue weighted by molar-refractivity contribution is 6.12. The normalized spacial score (nSPS) is 15.1. The van der Waals surface area contributed by atoms with Crippen molar-refractivity contribution < 1.29 is 4.74 Å². The highest BCUT2D eigenvalue weighted by Gasteiger charge is 2.50. The third-order valence-corrected chi connectivity index (χ3v) is 12.8. The van der Waals surface area contributed by atoms with E-state index >= 15 is 0 Å². The van der Waals surface area contributed by atoms with Crippen molar-refractivity contribution in [2.75, 3.05) is 0 Å².